The fraction of sp³-hybridized carbons (Fsp3) is 0.250. The Labute approximate surface area is 125 Å². The normalized spacial score (nSPS) is 13.3. The summed E-state index contributed by atoms with van der Waals surface area (Å²) >= 11 is 5.56. The highest BCUT2D eigenvalue weighted by Gasteiger charge is 2.21. The molecule has 2 N–H and O–H groups in total. The maximum absolute atomic E-state index is 13.4. The van der Waals surface area contributed by atoms with Crippen molar-refractivity contribution in [3.8, 4) is 0 Å². The van der Waals surface area contributed by atoms with Gasteiger partial charge in [-0.05, 0) is 17.7 Å². The van der Waals surface area contributed by atoms with E-state index in [-0.39, 0.29) is 16.3 Å². The third-order valence-electron chi connectivity index (χ3n) is 2.68. The Kier molecular flexibility index (Phi) is 4.94. The molecule has 1 aromatic heterocycles. The summed E-state index contributed by atoms with van der Waals surface area (Å²) in [7, 11) is -3.77. The van der Waals surface area contributed by atoms with Gasteiger partial charge in [-0.3, -0.25) is 0 Å². The standard InChI is InChI=1S/C12H12ClFN2O4S/c13-10-2-1-8(5-11(10)14)12(6-17)16-21(18,19)7-9-3-4-20-15-9/h1-5,12,16-17H,6-7H2. The van der Waals surface area contributed by atoms with Crippen LogP contribution in [0.15, 0.2) is 35.1 Å². The second-order valence-electron chi connectivity index (χ2n) is 4.28. The van der Waals surface area contributed by atoms with E-state index in [4.69, 9.17) is 11.6 Å². The Hall–Kier alpha value is -1.48. The molecule has 0 fully saturated rings. The average molecular weight is 335 g/mol. The van der Waals surface area contributed by atoms with Crippen LogP contribution in [0.1, 0.15) is 17.3 Å². The molecule has 1 unspecified atom stereocenters. The molecule has 114 valence electrons. The molecule has 0 bridgehead atoms. The van der Waals surface area contributed by atoms with E-state index >= 15 is 0 Å². The third-order valence-corrected chi connectivity index (χ3v) is 4.31. The minimum atomic E-state index is -3.77. The lowest BCUT2D eigenvalue weighted by atomic mass is 10.1. The monoisotopic (exact) mass is 334 g/mol. The van der Waals surface area contributed by atoms with Gasteiger partial charge < -0.3 is 9.63 Å². The maximum Gasteiger partial charge on any atom is 0.218 e. The Morgan fingerprint density at radius 2 is 2.19 bits per heavy atom. The molecule has 0 spiro atoms. The molecule has 1 aromatic carbocycles. The third kappa shape index (κ3) is 4.24. The number of rotatable bonds is 6. The summed E-state index contributed by atoms with van der Waals surface area (Å²) in [6.45, 7) is -0.529. The van der Waals surface area contributed by atoms with Gasteiger partial charge in [-0.2, -0.15) is 0 Å². The number of hydrogen-bond acceptors (Lipinski definition) is 5. The van der Waals surface area contributed by atoms with Gasteiger partial charge in [-0.1, -0.05) is 22.8 Å². The van der Waals surface area contributed by atoms with Crippen molar-refractivity contribution in [2.24, 2.45) is 0 Å². The number of aliphatic hydroxyl groups is 1. The first kappa shape index (κ1) is 15.9. The smallest absolute Gasteiger partial charge is 0.218 e. The van der Waals surface area contributed by atoms with Crippen molar-refractivity contribution in [3.05, 3.63) is 52.6 Å². The molecule has 9 heteroatoms. The van der Waals surface area contributed by atoms with Crippen molar-refractivity contribution in [1.82, 2.24) is 9.88 Å². The predicted octanol–water partition coefficient (Wildman–Crippen LogP) is 1.62. The van der Waals surface area contributed by atoms with Gasteiger partial charge in [0, 0.05) is 6.07 Å². The summed E-state index contributed by atoms with van der Waals surface area (Å²) < 4.78 is 44.2. The number of aliphatic hydroxyl groups excluding tert-OH is 1. The summed E-state index contributed by atoms with van der Waals surface area (Å²) in [6.07, 6.45) is 1.25. The first-order valence-electron chi connectivity index (χ1n) is 5.86. The number of benzene rings is 1. The van der Waals surface area contributed by atoms with Crippen LogP contribution in [-0.2, 0) is 15.8 Å². The second-order valence-corrected chi connectivity index (χ2v) is 6.44. The molecule has 0 aliphatic rings. The maximum atomic E-state index is 13.4. The van der Waals surface area contributed by atoms with Crippen molar-refractivity contribution in [1.29, 1.82) is 0 Å². The number of nitrogens with one attached hydrogen (secondary N) is 1. The van der Waals surface area contributed by atoms with E-state index in [1.807, 2.05) is 0 Å². The van der Waals surface area contributed by atoms with Crippen LogP contribution in [0.4, 0.5) is 4.39 Å². The Bertz CT molecular complexity index is 706. The van der Waals surface area contributed by atoms with E-state index in [0.717, 1.165) is 6.07 Å². The lowest BCUT2D eigenvalue weighted by Crippen LogP contribution is -2.32. The highest BCUT2D eigenvalue weighted by molar-refractivity contribution is 7.88. The summed E-state index contributed by atoms with van der Waals surface area (Å²) in [6, 6.07) is 4.23. The molecule has 1 heterocycles. The molecular weight excluding hydrogens is 323 g/mol. The van der Waals surface area contributed by atoms with E-state index in [9.17, 15) is 17.9 Å². The van der Waals surface area contributed by atoms with E-state index in [2.05, 4.69) is 14.4 Å². The lowest BCUT2D eigenvalue weighted by molar-refractivity contribution is 0.258. The van der Waals surface area contributed by atoms with Gasteiger partial charge in [0.1, 0.15) is 17.8 Å². The molecule has 2 rings (SSSR count). The molecular formula is C12H12ClFN2O4S. The molecule has 0 aliphatic carbocycles. The second kappa shape index (κ2) is 6.52. The Balaban J connectivity index is 2.16. The SMILES string of the molecule is O=S(=O)(Cc1ccon1)NC(CO)c1ccc(Cl)c(F)c1. The zero-order valence-corrected chi connectivity index (χ0v) is 12.2. The Morgan fingerprint density at radius 1 is 1.43 bits per heavy atom. The van der Waals surface area contributed by atoms with Gasteiger partial charge >= 0.3 is 0 Å². The van der Waals surface area contributed by atoms with E-state index in [1.165, 1.54) is 24.5 Å². The van der Waals surface area contributed by atoms with Crippen molar-refractivity contribution < 1.29 is 22.4 Å². The first-order chi connectivity index (χ1) is 9.91. The largest absolute Gasteiger partial charge is 0.394 e. The quantitative estimate of drug-likeness (QED) is 0.837. The lowest BCUT2D eigenvalue weighted by Gasteiger charge is -2.16. The zero-order chi connectivity index (χ0) is 15.5. The highest BCUT2D eigenvalue weighted by atomic mass is 35.5. The molecule has 6 nitrogen and oxygen atoms in total. The first-order valence-corrected chi connectivity index (χ1v) is 7.89. The minimum Gasteiger partial charge on any atom is -0.394 e. The van der Waals surface area contributed by atoms with Gasteiger partial charge in [-0.25, -0.2) is 17.5 Å². The molecule has 0 radical (unpaired) electrons. The van der Waals surface area contributed by atoms with Gasteiger partial charge in [0.05, 0.1) is 23.4 Å². The zero-order valence-electron chi connectivity index (χ0n) is 10.7. The average Bonchev–Trinajstić information content (AvgIpc) is 2.91. The van der Waals surface area contributed by atoms with Crippen molar-refractivity contribution >= 4 is 21.6 Å². The number of sulfonamides is 1. The van der Waals surface area contributed by atoms with Crippen LogP contribution in [0.3, 0.4) is 0 Å². The molecule has 21 heavy (non-hydrogen) atoms. The molecule has 0 aliphatic heterocycles. The van der Waals surface area contributed by atoms with Gasteiger partial charge in [0.15, 0.2) is 0 Å². The van der Waals surface area contributed by atoms with Crippen molar-refractivity contribution in [3.63, 3.8) is 0 Å². The number of halogens is 2. The van der Waals surface area contributed by atoms with Crippen LogP contribution in [-0.4, -0.2) is 25.3 Å². The van der Waals surface area contributed by atoms with Crippen molar-refractivity contribution in [2.75, 3.05) is 6.61 Å². The summed E-state index contributed by atoms with van der Waals surface area (Å²) in [5.41, 5.74) is 0.490. The van der Waals surface area contributed by atoms with Crippen LogP contribution in [0, 0.1) is 5.82 Å². The van der Waals surface area contributed by atoms with Crippen LogP contribution in [0.5, 0.6) is 0 Å². The topological polar surface area (TPSA) is 92.4 Å². The van der Waals surface area contributed by atoms with Gasteiger partial charge in [0.2, 0.25) is 10.0 Å². The number of aromatic nitrogens is 1. The van der Waals surface area contributed by atoms with E-state index in [1.54, 1.807) is 0 Å². The molecule has 1 atom stereocenters. The van der Waals surface area contributed by atoms with Gasteiger partial charge in [-0.15, -0.1) is 0 Å². The van der Waals surface area contributed by atoms with Crippen LogP contribution >= 0.6 is 11.6 Å². The van der Waals surface area contributed by atoms with Crippen LogP contribution in [0.25, 0.3) is 0 Å². The molecule has 0 saturated heterocycles. The minimum absolute atomic E-state index is 0.0825. The van der Waals surface area contributed by atoms with Crippen LogP contribution in [0.2, 0.25) is 5.02 Å². The number of hydrogen-bond donors (Lipinski definition) is 2. The summed E-state index contributed by atoms with van der Waals surface area (Å²) in [5.74, 6) is -1.10. The van der Waals surface area contributed by atoms with Gasteiger partial charge in [0.25, 0.3) is 0 Å². The van der Waals surface area contributed by atoms with E-state index < -0.39 is 34.2 Å². The number of nitrogens with zero attached hydrogens (tertiary/aromatic N) is 1. The molecule has 0 amide bonds. The highest BCUT2D eigenvalue weighted by Crippen LogP contribution is 2.21. The van der Waals surface area contributed by atoms with Crippen LogP contribution < -0.4 is 4.72 Å². The Morgan fingerprint density at radius 3 is 2.76 bits per heavy atom. The fourth-order valence-electron chi connectivity index (χ4n) is 1.70. The fourth-order valence-corrected chi connectivity index (χ4v) is 3.09. The predicted molar refractivity (Wildman–Crippen MR) is 73.5 cm³/mol. The summed E-state index contributed by atoms with van der Waals surface area (Å²) in [4.78, 5) is 0. The summed E-state index contributed by atoms with van der Waals surface area (Å²) in [5, 5.41) is 12.7. The van der Waals surface area contributed by atoms with Crippen molar-refractivity contribution in [2.45, 2.75) is 11.8 Å². The van der Waals surface area contributed by atoms with E-state index in [0.29, 0.717) is 0 Å². The molecule has 0 saturated carbocycles. The molecule has 2 aromatic rings.